The van der Waals surface area contributed by atoms with E-state index in [1.165, 1.54) is 0 Å². The predicted octanol–water partition coefficient (Wildman–Crippen LogP) is 3.75. The van der Waals surface area contributed by atoms with Crippen molar-refractivity contribution in [2.45, 2.75) is 32.2 Å². The number of nitrogens with one attached hydrogen (secondary N) is 2. The molecule has 0 radical (unpaired) electrons. The van der Waals surface area contributed by atoms with Gasteiger partial charge in [-0.1, -0.05) is 37.1 Å². The third-order valence-electron chi connectivity index (χ3n) is 4.62. The highest BCUT2D eigenvalue weighted by Crippen LogP contribution is 2.24. The number of amides is 2. The molecule has 0 heterocycles. The van der Waals surface area contributed by atoms with Crippen molar-refractivity contribution in [3.8, 4) is 0 Å². The fraction of sp³-hybridized carbons (Fsp3) is 0.300. The Hall–Kier alpha value is -2.53. The van der Waals surface area contributed by atoms with E-state index in [2.05, 4.69) is 10.6 Å². The highest BCUT2D eigenvalue weighted by molar-refractivity contribution is 6.05. The van der Waals surface area contributed by atoms with Crippen LogP contribution in [0.4, 0.5) is 11.4 Å². The van der Waals surface area contributed by atoms with Crippen LogP contribution < -0.4 is 16.4 Å². The van der Waals surface area contributed by atoms with E-state index in [-0.39, 0.29) is 30.1 Å². The van der Waals surface area contributed by atoms with Crippen LogP contribution in [0, 0.1) is 5.92 Å². The highest BCUT2D eigenvalue weighted by atomic mass is 35.5. The Morgan fingerprint density at radius 3 is 2.31 bits per heavy atom. The number of anilines is 2. The number of halogens is 1. The molecule has 1 aliphatic carbocycles. The monoisotopic (exact) mass is 373 g/mol. The second-order valence-corrected chi connectivity index (χ2v) is 6.44. The summed E-state index contributed by atoms with van der Waals surface area (Å²) in [4.78, 5) is 24.3. The minimum absolute atomic E-state index is 0. The summed E-state index contributed by atoms with van der Waals surface area (Å²) in [7, 11) is 0. The Balaban J connectivity index is 0.00000243. The van der Waals surface area contributed by atoms with E-state index in [9.17, 15) is 9.59 Å². The molecule has 1 saturated carbocycles. The SMILES string of the molecule is Cl.Nc1ccccc1NC(=O)c1ccc(CNC(=O)C2CCCC2)cc1. The van der Waals surface area contributed by atoms with Gasteiger partial charge in [0.1, 0.15) is 0 Å². The van der Waals surface area contributed by atoms with Crippen LogP contribution in [0.1, 0.15) is 41.6 Å². The van der Waals surface area contributed by atoms with E-state index < -0.39 is 0 Å². The van der Waals surface area contributed by atoms with Crippen LogP contribution >= 0.6 is 12.4 Å². The molecule has 2 amide bonds. The van der Waals surface area contributed by atoms with E-state index in [0.717, 1.165) is 31.2 Å². The lowest BCUT2D eigenvalue weighted by atomic mass is 10.1. The number of hydrogen-bond acceptors (Lipinski definition) is 3. The molecule has 0 unspecified atom stereocenters. The van der Waals surface area contributed by atoms with Crippen molar-refractivity contribution in [3.63, 3.8) is 0 Å². The van der Waals surface area contributed by atoms with Crippen molar-refractivity contribution >= 4 is 35.6 Å². The maximum absolute atomic E-state index is 12.3. The number of carbonyl (C=O) groups is 2. The van der Waals surface area contributed by atoms with Crippen LogP contribution in [-0.4, -0.2) is 11.8 Å². The Morgan fingerprint density at radius 1 is 1.00 bits per heavy atom. The molecule has 138 valence electrons. The maximum Gasteiger partial charge on any atom is 0.255 e. The van der Waals surface area contributed by atoms with E-state index in [1.54, 1.807) is 24.3 Å². The standard InChI is InChI=1S/C20H23N3O2.ClH/c21-17-7-3-4-8-18(17)23-20(25)16-11-9-14(10-12-16)13-22-19(24)15-5-1-2-6-15;/h3-4,7-12,15H,1-2,5-6,13,21H2,(H,22,24)(H,23,25);1H. The molecule has 5 nitrogen and oxygen atoms in total. The number of hydrogen-bond donors (Lipinski definition) is 3. The molecule has 1 fully saturated rings. The molecule has 2 aromatic rings. The first-order valence-corrected chi connectivity index (χ1v) is 8.66. The molecule has 1 aliphatic rings. The molecule has 26 heavy (non-hydrogen) atoms. The molecular weight excluding hydrogens is 350 g/mol. The summed E-state index contributed by atoms with van der Waals surface area (Å²) in [5.41, 5.74) is 8.49. The Labute approximate surface area is 159 Å². The highest BCUT2D eigenvalue weighted by Gasteiger charge is 2.22. The van der Waals surface area contributed by atoms with Gasteiger partial charge in [0.05, 0.1) is 11.4 Å². The maximum atomic E-state index is 12.3. The minimum Gasteiger partial charge on any atom is -0.397 e. The van der Waals surface area contributed by atoms with Crippen LogP contribution in [0.2, 0.25) is 0 Å². The fourth-order valence-electron chi connectivity index (χ4n) is 3.10. The molecule has 0 spiro atoms. The summed E-state index contributed by atoms with van der Waals surface area (Å²) in [6.07, 6.45) is 4.28. The summed E-state index contributed by atoms with van der Waals surface area (Å²) >= 11 is 0. The number of nitrogens with two attached hydrogens (primary N) is 1. The van der Waals surface area contributed by atoms with Crippen LogP contribution in [0.3, 0.4) is 0 Å². The van der Waals surface area contributed by atoms with E-state index in [0.29, 0.717) is 23.5 Å². The Kier molecular flexibility index (Phi) is 7.04. The van der Waals surface area contributed by atoms with Gasteiger partial charge in [0.25, 0.3) is 5.91 Å². The van der Waals surface area contributed by atoms with Crippen molar-refractivity contribution in [1.29, 1.82) is 0 Å². The van der Waals surface area contributed by atoms with Crippen LogP contribution in [-0.2, 0) is 11.3 Å². The Morgan fingerprint density at radius 2 is 1.65 bits per heavy atom. The zero-order valence-corrected chi connectivity index (χ0v) is 15.4. The van der Waals surface area contributed by atoms with Crippen LogP contribution in [0.15, 0.2) is 48.5 Å². The van der Waals surface area contributed by atoms with Gasteiger partial charge in [-0.25, -0.2) is 0 Å². The van der Waals surface area contributed by atoms with Gasteiger partial charge < -0.3 is 16.4 Å². The van der Waals surface area contributed by atoms with Crippen molar-refractivity contribution in [3.05, 3.63) is 59.7 Å². The molecule has 0 aliphatic heterocycles. The van der Waals surface area contributed by atoms with Gasteiger partial charge >= 0.3 is 0 Å². The summed E-state index contributed by atoms with van der Waals surface area (Å²) in [6.45, 7) is 0.489. The minimum atomic E-state index is -0.209. The zero-order valence-electron chi connectivity index (χ0n) is 14.5. The van der Waals surface area contributed by atoms with Crippen LogP contribution in [0.25, 0.3) is 0 Å². The molecule has 0 saturated heterocycles. The number of para-hydroxylation sites is 2. The van der Waals surface area contributed by atoms with Gasteiger partial charge in [0, 0.05) is 18.0 Å². The smallest absolute Gasteiger partial charge is 0.255 e. The summed E-state index contributed by atoms with van der Waals surface area (Å²) in [5.74, 6) is 0.0969. The third-order valence-corrected chi connectivity index (χ3v) is 4.62. The molecule has 6 heteroatoms. The predicted molar refractivity (Wildman–Crippen MR) is 106 cm³/mol. The van der Waals surface area contributed by atoms with E-state index in [1.807, 2.05) is 24.3 Å². The van der Waals surface area contributed by atoms with Gasteiger partial charge in [0.2, 0.25) is 5.91 Å². The number of rotatable bonds is 5. The lowest BCUT2D eigenvalue weighted by Gasteiger charge is -2.11. The normalized spacial score (nSPS) is 13.7. The molecule has 4 N–H and O–H groups in total. The van der Waals surface area contributed by atoms with Crippen molar-refractivity contribution in [2.24, 2.45) is 5.92 Å². The van der Waals surface area contributed by atoms with Gasteiger partial charge in [-0.2, -0.15) is 0 Å². The Bertz CT molecular complexity index is 756. The largest absolute Gasteiger partial charge is 0.397 e. The number of benzene rings is 2. The first-order valence-electron chi connectivity index (χ1n) is 8.66. The average molecular weight is 374 g/mol. The summed E-state index contributed by atoms with van der Waals surface area (Å²) < 4.78 is 0. The van der Waals surface area contributed by atoms with Crippen molar-refractivity contribution < 1.29 is 9.59 Å². The second kappa shape index (κ2) is 9.25. The van der Waals surface area contributed by atoms with E-state index >= 15 is 0 Å². The number of carbonyl (C=O) groups excluding carboxylic acids is 2. The third kappa shape index (κ3) is 4.99. The molecule has 3 rings (SSSR count). The van der Waals surface area contributed by atoms with Gasteiger partial charge in [-0.3, -0.25) is 9.59 Å². The quantitative estimate of drug-likeness (QED) is 0.698. The van der Waals surface area contributed by atoms with Gasteiger partial charge in [0.15, 0.2) is 0 Å². The van der Waals surface area contributed by atoms with E-state index in [4.69, 9.17) is 5.73 Å². The lowest BCUT2D eigenvalue weighted by molar-refractivity contribution is -0.124. The van der Waals surface area contributed by atoms with Crippen molar-refractivity contribution in [1.82, 2.24) is 5.32 Å². The first-order chi connectivity index (χ1) is 12.1. The molecular formula is C20H24ClN3O2. The average Bonchev–Trinajstić information content (AvgIpc) is 3.17. The van der Waals surface area contributed by atoms with Gasteiger partial charge in [-0.15, -0.1) is 12.4 Å². The summed E-state index contributed by atoms with van der Waals surface area (Å²) in [6, 6.07) is 14.4. The topological polar surface area (TPSA) is 84.2 Å². The molecule has 0 atom stereocenters. The van der Waals surface area contributed by atoms with Crippen LogP contribution in [0.5, 0.6) is 0 Å². The van der Waals surface area contributed by atoms with Gasteiger partial charge in [-0.05, 0) is 42.7 Å². The zero-order chi connectivity index (χ0) is 17.6. The summed E-state index contributed by atoms with van der Waals surface area (Å²) in [5, 5.41) is 5.78. The fourth-order valence-corrected chi connectivity index (χ4v) is 3.10. The molecule has 2 aromatic carbocycles. The second-order valence-electron chi connectivity index (χ2n) is 6.44. The first kappa shape index (κ1) is 19.8. The lowest BCUT2D eigenvalue weighted by Crippen LogP contribution is -2.28. The molecule has 0 aromatic heterocycles. The number of nitrogen functional groups attached to an aromatic ring is 1. The van der Waals surface area contributed by atoms with Crippen molar-refractivity contribution in [2.75, 3.05) is 11.1 Å². The molecule has 0 bridgehead atoms.